The summed E-state index contributed by atoms with van der Waals surface area (Å²) in [6, 6.07) is 12.9. The van der Waals surface area contributed by atoms with Gasteiger partial charge < -0.3 is 5.32 Å². The third-order valence-corrected chi connectivity index (χ3v) is 4.40. The van der Waals surface area contributed by atoms with Gasteiger partial charge in [-0.3, -0.25) is 0 Å². The number of anilines is 2. The topological polar surface area (TPSA) is 24.9 Å². The van der Waals surface area contributed by atoms with Gasteiger partial charge in [0.1, 0.15) is 5.82 Å². The lowest BCUT2D eigenvalue weighted by molar-refractivity contribution is 0.699. The molecule has 1 aliphatic rings. The van der Waals surface area contributed by atoms with Crippen LogP contribution in [0.4, 0.5) is 11.5 Å². The minimum atomic E-state index is 0.439. The minimum absolute atomic E-state index is 0.439. The van der Waals surface area contributed by atoms with Crippen molar-refractivity contribution in [3.63, 3.8) is 0 Å². The Morgan fingerprint density at radius 1 is 1.13 bits per heavy atom. The Kier molecular flexibility index (Phi) is 4.92. The molecule has 3 rings (SSSR count). The van der Waals surface area contributed by atoms with E-state index in [1.165, 1.54) is 16.7 Å². The second-order valence-corrected chi connectivity index (χ2v) is 6.33. The van der Waals surface area contributed by atoms with Gasteiger partial charge in [0.05, 0.1) is 0 Å². The van der Waals surface area contributed by atoms with Crippen molar-refractivity contribution in [1.82, 2.24) is 4.98 Å². The number of allylic oxidation sites excluding steroid dienone is 3. The molecule has 0 radical (unpaired) electrons. The highest BCUT2D eigenvalue weighted by molar-refractivity contribution is 5.57. The van der Waals surface area contributed by atoms with Crippen LogP contribution in [0.15, 0.2) is 66.9 Å². The molecule has 2 heteroatoms. The van der Waals surface area contributed by atoms with Crippen LogP contribution < -0.4 is 5.32 Å². The highest BCUT2D eigenvalue weighted by atomic mass is 15.0. The maximum absolute atomic E-state index is 4.44. The highest BCUT2D eigenvalue weighted by Crippen LogP contribution is 2.22. The third kappa shape index (κ3) is 4.32. The molecule has 1 atom stereocenters. The molecule has 4 bridgehead atoms. The van der Waals surface area contributed by atoms with Gasteiger partial charge in [0.15, 0.2) is 0 Å². The van der Waals surface area contributed by atoms with Crippen LogP contribution in [0.25, 0.3) is 0 Å². The van der Waals surface area contributed by atoms with E-state index in [1.54, 1.807) is 0 Å². The second kappa shape index (κ2) is 7.28. The Morgan fingerprint density at radius 2 is 2.00 bits per heavy atom. The van der Waals surface area contributed by atoms with Gasteiger partial charge in [-0.2, -0.15) is 0 Å². The van der Waals surface area contributed by atoms with Crippen molar-refractivity contribution in [2.75, 3.05) is 5.32 Å². The molecular formula is C21H24N2. The first-order valence-corrected chi connectivity index (χ1v) is 8.34. The number of fused-ring (bicyclic) bond motifs is 4. The van der Waals surface area contributed by atoms with E-state index in [0.717, 1.165) is 37.2 Å². The predicted molar refractivity (Wildman–Crippen MR) is 98.0 cm³/mol. The fourth-order valence-corrected chi connectivity index (χ4v) is 3.04. The molecule has 2 aromatic rings. The second-order valence-electron chi connectivity index (χ2n) is 6.33. The maximum atomic E-state index is 4.44. The molecule has 0 aliphatic carbocycles. The van der Waals surface area contributed by atoms with E-state index in [2.05, 4.69) is 72.4 Å². The number of aromatic nitrogens is 1. The zero-order valence-electron chi connectivity index (χ0n) is 13.8. The Balaban J connectivity index is 1.94. The number of nitrogens with zero attached hydrogens (tertiary/aromatic N) is 1. The largest absolute Gasteiger partial charge is 0.340 e. The lowest BCUT2D eigenvalue weighted by atomic mass is 9.95. The zero-order valence-corrected chi connectivity index (χ0v) is 13.8. The molecule has 0 fully saturated rings. The monoisotopic (exact) mass is 304 g/mol. The highest BCUT2D eigenvalue weighted by Gasteiger charge is 2.06. The van der Waals surface area contributed by atoms with E-state index in [4.69, 9.17) is 0 Å². The average molecular weight is 304 g/mol. The van der Waals surface area contributed by atoms with Gasteiger partial charge >= 0.3 is 0 Å². The molecule has 118 valence electrons. The Bertz CT molecular complexity index is 715. The maximum Gasteiger partial charge on any atom is 0.130 e. The Hall–Kier alpha value is -2.35. The van der Waals surface area contributed by atoms with Gasteiger partial charge in [0.25, 0.3) is 0 Å². The van der Waals surface area contributed by atoms with Gasteiger partial charge in [-0.05, 0) is 73.9 Å². The van der Waals surface area contributed by atoms with Crippen molar-refractivity contribution in [2.45, 2.75) is 32.6 Å². The minimum Gasteiger partial charge on any atom is -0.340 e. The van der Waals surface area contributed by atoms with Crippen molar-refractivity contribution in [1.29, 1.82) is 0 Å². The third-order valence-electron chi connectivity index (χ3n) is 4.40. The molecule has 23 heavy (non-hydrogen) atoms. The van der Waals surface area contributed by atoms with Crippen LogP contribution in [0.2, 0.25) is 0 Å². The fourth-order valence-electron chi connectivity index (χ4n) is 3.04. The van der Waals surface area contributed by atoms with E-state index in [1.807, 2.05) is 6.20 Å². The molecule has 2 nitrogen and oxygen atoms in total. The van der Waals surface area contributed by atoms with Crippen LogP contribution in [-0.4, -0.2) is 4.98 Å². The van der Waals surface area contributed by atoms with Crippen LogP contribution in [0.3, 0.4) is 0 Å². The van der Waals surface area contributed by atoms with Crippen molar-refractivity contribution >= 4 is 11.5 Å². The number of nitrogens with one attached hydrogen (secondary N) is 1. The van der Waals surface area contributed by atoms with Gasteiger partial charge in [-0.1, -0.05) is 29.9 Å². The lowest BCUT2D eigenvalue weighted by Crippen LogP contribution is -2.00. The molecule has 0 saturated heterocycles. The first-order chi connectivity index (χ1) is 11.2. The van der Waals surface area contributed by atoms with E-state index in [-0.39, 0.29) is 0 Å². The standard InChI is InChI=1S/C21H24N2/c1-3-17-9-10-19-11-12-22-21(15-19)23-20-6-4-5-18(14-20)8-7-16(2)13-17/h3-6,11-15,17H,1,7-10H2,2H3,(H,22,23). The smallest absolute Gasteiger partial charge is 0.130 e. The first-order valence-electron chi connectivity index (χ1n) is 8.34. The number of benzene rings is 1. The molecule has 2 heterocycles. The van der Waals surface area contributed by atoms with Gasteiger partial charge in [-0.15, -0.1) is 6.58 Å². The Morgan fingerprint density at radius 3 is 2.87 bits per heavy atom. The molecule has 0 spiro atoms. The van der Waals surface area contributed by atoms with Crippen LogP contribution in [-0.2, 0) is 12.8 Å². The number of hydrogen-bond donors (Lipinski definition) is 1. The lowest BCUT2D eigenvalue weighted by Gasteiger charge is -2.13. The van der Waals surface area contributed by atoms with Crippen LogP contribution >= 0.6 is 0 Å². The number of aryl methyl sites for hydroxylation is 2. The summed E-state index contributed by atoms with van der Waals surface area (Å²) >= 11 is 0. The number of rotatable bonds is 1. The summed E-state index contributed by atoms with van der Waals surface area (Å²) in [7, 11) is 0. The average Bonchev–Trinajstić information content (AvgIpc) is 2.57. The van der Waals surface area contributed by atoms with Gasteiger partial charge in [0.2, 0.25) is 0 Å². The zero-order chi connectivity index (χ0) is 16.1. The van der Waals surface area contributed by atoms with Crippen LogP contribution in [0.5, 0.6) is 0 Å². The first kappa shape index (κ1) is 15.5. The Labute approximate surface area is 139 Å². The molecule has 1 N–H and O–H groups in total. The van der Waals surface area contributed by atoms with Crippen molar-refractivity contribution in [2.24, 2.45) is 5.92 Å². The van der Waals surface area contributed by atoms with E-state index >= 15 is 0 Å². The van der Waals surface area contributed by atoms with Crippen molar-refractivity contribution in [3.8, 4) is 0 Å². The summed E-state index contributed by atoms with van der Waals surface area (Å²) in [5.41, 5.74) is 5.22. The predicted octanol–water partition coefficient (Wildman–Crippen LogP) is 5.45. The van der Waals surface area contributed by atoms with Crippen LogP contribution in [0.1, 0.15) is 30.9 Å². The van der Waals surface area contributed by atoms with Crippen LogP contribution in [0, 0.1) is 5.92 Å². The molecule has 1 aromatic heterocycles. The molecule has 0 saturated carbocycles. The number of pyridine rings is 1. The molecule has 1 unspecified atom stereocenters. The molecule has 1 aliphatic heterocycles. The summed E-state index contributed by atoms with van der Waals surface area (Å²) in [6.07, 6.45) is 10.6. The summed E-state index contributed by atoms with van der Waals surface area (Å²) in [5, 5.41) is 3.43. The molecule has 1 aromatic carbocycles. The summed E-state index contributed by atoms with van der Waals surface area (Å²) in [6.45, 7) is 6.23. The molecular weight excluding hydrogens is 280 g/mol. The quantitative estimate of drug-likeness (QED) is 0.708. The molecule has 0 amide bonds. The SMILES string of the molecule is C=CC1C=C(C)CCc2cccc(c2)Nc2cc(ccn2)CC1. The van der Waals surface area contributed by atoms with Crippen molar-refractivity contribution in [3.05, 3.63) is 78.0 Å². The number of hydrogen-bond acceptors (Lipinski definition) is 2. The summed E-state index contributed by atoms with van der Waals surface area (Å²) in [5.74, 6) is 1.35. The van der Waals surface area contributed by atoms with Gasteiger partial charge in [-0.25, -0.2) is 4.98 Å². The van der Waals surface area contributed by atoms with E-state index in [9.17, 15) is 0 Å². The van der Waals surface area contributed by atoms with Crippen molar-refractivity contribution < 1.29 is 0 Å². The van der Waals surface area contributed by atoms with E-state index in [0.29, 0.717) is 5.92 Å². The summed E-state index contributed by atoms with van der Waals surface area (Å²) in [4.78, 5) is 4.44. The summed E-state index contributed by atoms with van der Waals surface area (Å²) < 4.78 is 0. The van der Waals surface area contributed by atoms with E-state index < -0.39 is 0 Å². The van der Waals surface area contributed by atoms with Gasteiger partial charge in [0, 0.05) is 11.9 Å². The normalized spacial score (nSPS) is 18.3. The fraction of sp³-hybridized carbons (Fsp3) is 0.286.